The van der Waals surface area contributed by atoms with Crippen LogP contribution in [0.3, 0.4) is 0 Å². The molecule has 4 rings (SSSR count). The Balaban J connectivity index is 1.32. The van der Waals surface area contributed by atoms with Gasteiger partial charge in [-0.25, -0.2) is 0 Å². The summed E-state index contributed by atoms with van der Waals surface area (Å²) in [6.07, 6.45) is 4.95. The van der Waals surface area contributed by atoms with Crippen LogP contribution in [-0.4, -0.2) is 41.5 Å². The molecule has 0 fully saturated rings. The Labute approximate surface area is 176 Å². The second-order valence-electron chi connectivity index (χ2n) is 6.57. The number of aromatic nitrogens is 6. The molecule has 9 nitrogen and oxygen atoms in total. The fourth-order valence-electron chi connectivity index (χ4n) is 2.68. The molecule has 0 saturated carbocycles. The van der Waals surface area contributed by atoms with Gasteiger partial charge in [-0.2, -0.15) is 4.98 Å². The number of carbonyl (C=O) groups excluding carboxylic acids is 1. The third-order valence-corrected chi connectivity index (χ3v) is 5.40. The van der Waals surface area contributed by atoms with Crippen molar-refractivity contribution in [1.29, 1.82) is 0 Å². The first-order valence-electron chi connectivity index (χ1n) is 9.20. The summed E-state index contributed by atoms with van der Waals surface area (Å²) < 4.78 is 7.05. The summed E-state index contributed by atoms with van der Waals surface area (Å²) in [7, 11) is 0. The quantitative estimate of drug-likeness (QED) is 0.453. The number of thioether (sulfide) groups is 1. The zero-order valence-electron chi connectivity index (χ0n) is 16.4. The Bertz CT molecular complexity index is 1160. The smallest absolute Gasteiger partial charge is 0.246 e. The van der Waals surface area contributed by atoms with E-state index in [0.29, 0.717) is 16.9 Å². The van der Waals surface area contributed by atoms with Crippen LogP contribution in [0.5, 0.6) is 0 Å². The van der Waals surface area contributed by atoms with Crippen molar-refractivity contribution in [3.05, 3.63) is 66.1 Å². The fourth-order valence-corrected chi connectivity index (χ4v) is 3.43. The normalized spacial score (nSPS) is 10.9. The van der Waals surface area contributed by atoms with Gasteiger partial charge in [0.15, 0.2) is 5.16 Å². The van der Waals surface area contributed by atoms with Crippen LogP contribution in [-0.2, 0) is 11.3 Å². The minimum absolute atomic E-state index is 0.154. The molecule has 0 radical (unpaired) electrons. The van der Waals surface area contributed by atoms with Crippen LogP contribution in [0, 0.1) is 13.8 Å². The van der Waals surface area contributed by atoms with Crippen molar-refractivity contribution >= 4 is 17.7 Å². The van der Waals surface area contributed by atoms with Crippen LogP contribution in [0.15, 0.2) is 58.7 Å². The van der Waals surface area contributed by atoms with Crippen LogP contribution >= 0.6 is 11.8 Å². The first-order valence-corrected chi connectivity index (χ1v) is 10.2. The highest BCUT2D eigenvalue weighted by Gasteiger charge is 2.13. The molecule has 0 spiro atoms. The third-order valence-electron chi connectivity index (χ3n) is 4.46. The lowest BCUT2D eigenvalue weighted by Gasteiger charge is -2.08. The first-order chi connectivity index (χ1) is 14.6. The summed E-state index contributed by atoms with van der Waals surface area (Å²) in [6.45, 7) is 4.27. The van der Waals surface area contributed by atoms with Gasteiger partial charge in [-0.05, 0) is 49.2 Å². The number of hydrogen-bond donors (Lipinski definition) is 1. The fraction of sp³-hybridized carbons (Fsp3) is 0.200. The maximum Gasteiger partial charge on any atom is 0.246 e. The molecule has 0 aliphatic heterocycles. The van der Waals surface area contributed by atoms with Gasteiger partial charge in [-0.1, -0.05) is 23.0 Å². The third kappa shape index (κ3) is 4.54. The van der Waals surface area contributed by atoms with E-state index in [0.717, 1.165) is 11.3 Å². The van der Waals surface area contributed by atoms with E-state index in [-0.39, 0.29) is 18.2 Å². The van der Waals surface area contributed by atoms with Gasteiger partial charge in [0.1, 0.15) is 6.33 Å². The molecule has 0 aliphatic rings. The van der Waals surface area contributed by atoms with E-state index in [1.54, 1.807) is 30.9 Å². The minimum Gasteiger partial charge on any atom is -0.346 e. The highest BCUT2D eigenvalue weighted by Crippen LogP contribution is 2.21. The Morgan fingerprint density at radius 3 is 2.80 bits per heavy atom. The van der Waals surface area contributed by atoms with E-state index in [4.69, 9.17) is 4.52 Å². The predicted octanol–water partition coefficient (Wildman–Crippen LogP) is 2.74. The molecular formula is C20H19N7O2S. The van der Waals surface area contributed by atoms with Gasteiger partial charge in [0.2, 0.25) is 17.6 Å². The summed E-state index contributed by atoms with van der Waals surface area (Å²) in [5.41, 5.74) is 4.15. The van der Waals surface area contributed by atoms with Gasteiger partial charge in [-0.3, -0.25) is 14.3 Å². The van der Waals surface area contributed by atoms with Crippen LogP contribution in [0.25, 0.3) is 17.1 Å². The van der Waals surface area contributed by atoms with Crippen molar-refractivity contribution in [2.45, 2.75) is 25.5 Å². The minimum atomic E-state index is -0.168. The molecule has 10 heteroatoms. The van der Waals surface area contributed by atoms with Crippen molar-refractivity contribution in [3.8, 4) is 17.1 Å². The van der Waals surface area contributed by atoms with Crippen molar-refractivity contribution < 1.29 is 9.32 Å². The van der Waals surface area contributed by atoms with Crippen molar-refractivity contribution in [3.63, 3.8) is 0 Å². The van der Waals surface area contributed by atoms with Crippen molar-refractivity contribution in [2.24, 2.45) is 0 Å². The molecule has 0 bridgehead atoms. The molecule has 1 amide bonds. The first kappa shape index (κ1) is 19.8. The number of nitrogens with one attached hydrogen (secondary N) is 1. The maximum atomic E-state index is 12.2. The van der Waals surface area contributed by atoms with Gasteiger partial charge >= 0.3 is 0 Å². The lowest BCUT2D eigenvalue weighted by atomic mass is 10.1. The standard InChI is InChI=1S/C20H19N7O2S/c1-13-3-4-16(9-14(13)2)27-12-23-25-20(27)30-11-17(28)22-10-18-24-19(26-29-18)15-5-7-21-8-6-15/h3-9,12H,10-11H2,1-2H3,(H,22,28). The molecule has 0 saturated heterocycles. The lowest BCUT2D eigenvalue weighted by Crippen LogP contribution is -2.24. The molecule has 152 valence electrons. The summed E-state index contributed by atoms with van der Waals surface area (Å²) in [6, 6.07) is 9.70. The number of benzene rings is 1. The van der Waals surface area contributed by atoms with E-state index in [1.807, 2.05) is 10.6 Å². The van der Waals surface area contributed by atoms with Crippen molar-refractivity contribution in [2.75, 3.05) is 5.75 Å². The van der Waals surface area contributed by atoms with Gasteiger partial charge in [-0.15, -0.1) is 10.2 Å². The van der Waals surface area contributed by atoms with E-state index < -0.39 is 0 Å². The number of amides is 1. The Hall–Kier alpha value is -3.53. The van der Waals surface area contributed by atoms with Crippen LogP contribution < -0.4 is 5.32 Å². The van der Waals surface area contributed by atoms with Crippen LogP contribution in [0.1, 0.15) is 17.0 Å². The highest BCUT2D eigenvalue weighted by atomic mass is 32.2. The maximum absolute atomic E-state index is 12.2. The second kappa shape index (κ2) is 8.87. The highest BCUT2D eigenvalue weighted by molar-refractivity contribution is 7.99. The van der Waals surface area contributed by atoms with E-state index in [2.05, 4.69) is 56.6 Å². The second-order valence-corrected chi connectivity index (χ2v) is 7.51. The molecule has 0 unspecified atom stereocenters. The zero-order chi connectivity index (χ0) is 20.9. The summed E-state index contributed by atoms with van der Waals surface area (Å²) in [5.74, 6) is 0.809. The number of hydrogen-bond acceptors (Lipinski definition) is 8. The topological polar surface area (TPSA) is 112 Å². The molecule has 4 aromatic rings. The van der Waals surface area contributed by atoms with Crippen LogP contribution in [0.2, 0.25) is 0 Å². The van der Waals surface area contributed by atoms with E-state index >= 15 is 0 Å². The van der Waals surface area contributed by atoms with Crippen molar-refractivity contribution in [1.82, 2.24) is 35.2 Å². The van der Waals surface area contributed by atoms with Gasteiger partial charge in [0.05, 0.1) is 12.3 Å². The van der Waals surface area contributed by atoms with Crippen LogP contribution in [0.4, 0.5) is 0 Å². The molecule has 3 heterocycles. The molecule has 3 aromatic heterocycles. The molecule has 1 N–H and O–H groups in total. The summed E-state index contributed by atoms with van der Waals surface area (Å²) in [5, 5.41) is 15.4. The molecule has 30 heavy (non-hydrogen) atoms. The number of rotatable bonds is 7. The molecule has 1 aromatic carbocycles. The van der Waals surface area contributed by atoms with E-state index in [1.165, 1.54) is 22.9 Å². The van der Waals surface area contributed by atoms with Gasteiger partial charge in [0.25, 0.3) is 0 Å². The summed E-state index contributed by atoms with van der Waals surface area (Å²) in [4.78, 5) is 20.5. The largest absolute Gasteiger partial charge is 0.346 e. The zero-order valence-corrected chi connectivity index (χ0v) is 17.3. The molecule has 0 aliphatic carbocycles. The molecule has 0 atom stereocenters. The number of pyridine rings is 1. The van der Waals surface area contributed by atoms with Gasteiger partial charge < -0.3 is 9.84 Å². The Kier molecular flexibility index (Phi) is 5.84. The molecular weight excluding hydrogens is 402 g/mol. The number of carbonyl (C=O) groups is 1. The van der Waals surface area contributed by atoms with E-state index in [9.17, 15) is 4.79 Å². The number of nitrogens with zero attached hydrogens (tertiary/aromatic N) is 6. The van der Waals surface area contributed by atoms with Gasteiger partial charge in [0, 0.05) is 23.6 Å². The Morgan fingerprint density at radius 1 is 1.17 bits per heavy atom. The predicted molar refractivity (Wildman–Crippen MR) is 111 cm³/mol. The SMILES string of the molecule is Cc1ccc(-n2cnnc2SCC(=O)NCc2nc(-c3ccncc3)no2)cc1C. The average Bonchev–Trinajstić information content (AvgIpc) is 3.43. The number of aryl methyl sites for hydroxylation is 2. The summed E-state index contributed by atoms with van der Waals surface area (Å²) >= 11 is 1.31. The Morgan fingerprint density at radius 2 is 2.00 bits per heavy atom. The average molecular weight is 421 g/mol. The lowest BCUT2D eigenvalue weighted by molar-refractivity contribution is -0.118. The monoisotopic (exact) mass is 421 g/mol.